The van der Waals surface area contributed by atoms with Gasteiger partial charge in [-0.1, -0.05) is 23.2 Å². The Hall–Kier alpha value is -2.49. The van der Waals surface area contributed by atoms with Gasteiger partial charge in [-0.05, 0) is 46.3 Å². The summed E-state index contributed by atoms with van der Waals surface area (Å²) in [6, 6.07) is 8.12. The van der Waals surface area contributed by atoms with E-state index in [1.807, 2.05) is 0 Å². The molecule has 0 atom stereocenters. The van der Waals surface area contributed by atoms with E-state index >= 15 is 0 Å². The molecule has 8 nitrogen and oxygen atoms in total. The lowest BCUT2D eigenvalue weighted by atomic mass is 10.3. The van der Waals surface area contributed by atoms with Crippen molar-refractivity contribution >= 4 is 68.0 Å². The number of nitrogens with one attached hydrogen (secondary N) is 2. The number of halogens is 3. The zero-order chi connectivity index (χ0) is 18.7. The molecule has 3 rings (SSSR count). The van der Waals surface area contributed by atoms with Gasteiger partial charge in [0.05, 0.1) is 15.6 Å². The molecule has 0 unspecified atom stereocenters. The molecule has 2 N–H and O–H groups in total. The highest BCUT2D eigenvalue weighted by Crippen LogP contribution is 2.35. The van der Waals surface area contributed by atoms with E-state index in [4.69, 9.17) is 23.2 Å². The van der Waals surface area contributed by atoms with Gasteiger partial charge >= 0.3 is 5.69 Å². The van der Waals surface area contributed by atoms with Crippen LogP contribution in [0.4, 0.5) is 28.8 Å². The SMILES string of the molecule is O=[N+]([O-])c1c(Nc2ccc(Br)cn2)ncnc1Nc1ccc(Cl)cc1Cl. The summed E-state index contributed by atoms with van der Waals surface area (Å²) in [5.41, 5.74) is 0.0776. The first-order valence-electron chi connectivity index (χ1n) is 7.04. The molecule has 0 radical (unpaired) electrons. The van der Waals surface area contributed by atoms with E-state index in [-0.39, 0.29) is 17.3 Å². The first-order valence-corrected chi connectivity index (χ1v) is 8.59. The highest BCUT2D eigenvalue weighted by Gasteiger charge is 2.24. The molecular formula is C15H9BrCl2N6O2. The molecular weight excluding hydrogens is 447 g/mol. The minimum atomic E-state index is -0.590. The van der Waals surface area contributed by atoms with E-state index in [1.54, 1.807) is 30.5 Å². The van der Waals surface area contributed by atoms with Crippen LogP contribution in [0.1, 0.15) is 0 Å². The van der Waals surface area contributed by atoms with Crippen molar-refractivity contribution in [2.75, 3.05) is 10.6 Å². The smallest absolute Gasteiger partial charge is 0.333 e. The minimum Gasteiger partial charge on any atom is -0.333 e. The quantitative estimate of drug-likeness (QED) is 0.395. The third kappa shape index (κ3) is 4.18. The maximum atomic E-state index is 11.6. The second-order valence-electron chi connectivity index (χ2n) is 4.91. The van der Waals surface area contributed by atoms with Crippen molar-refractivity contribution in [2.24, 2.45) is 0 Å². The highest BCUT2D eigenvalue weighted by atomic mass is 79.9. The third-order valence-electron chi connectivity index (χ3n) is 3.16. The second kappa shape index (κ2) is 7.81. The largest absolute Gasteiger partial charge is 0.353 e. The van der Waals surface area contributed by atoms with Gasteiger partial charge in [0.1, 0.15) is 12.1 Å². The van der Waals surface area contributed by atoms with Crippen LogP contribution in [-0.2, 0) is 0 Å². The number of anilines is 4. The van der Waals surface area contributed by atoms with Gasteiger partial charge in [-0.25, -0.2) is 15.0 Å². The summed E-state index contributed by atoms with van der Waals surface area (Å²) in [7, 11) is 0. The molecule has 132 valence electrons. The van der Waals surface area contributed by atoms with Crippen LogP contribution in [0.2, 0.25) is 10.0 Å². The maximum absolute atomic E-state index is 11.6. The average molecular weight is 456 g/mol. The van der Waals surface area contributed by atoms with E-state index in [2.05, 4.69) is 41.5 Å². The molecule has 0 spiro atoms. The first-order chi connectivity index (χ1) is 12.4. The Labute approximate surface area is 165 Å². The minimum absolute atomic E-state index is 0.00703. The lowest BCUT2D eigenvalue weighted by molar-refractivity contribution is -0.383. The predicted octanol–water partition coefficient (Wildman–Crippen LogP) is 5.34. The summed E-state index contributed by atoms with van der Waals surface area (Å²) in [6.07, 6.45) is 2.75. The second-order valence-corrected chi connectivity index (χ2v) is 6.67. The zero-order valence-electron chi connectivity index (χ0n) is 12.8. The molecule has 2 heterocycles. The van der Waals surface area contributed by atoms with E-state index in [9.17, 15) is 10.1 Å². The molecule has 0 aliphatic carbocycles. The van der Waals surface area contributed by atoms with Crippen LogP contribution in [0.5, 0.6) is 0 Å². The number of rotatable bonds is 5. The molecule has 0 amide bonds. The maximum Gasteiger partial charge on any atom is 0.353 e. The van der Waals surface area contributed by atoms with E-state index < -0.39 is 4.92 Å². The fraction of sp³-hybridized carbons (Fsp3) is 0. The topological polar surface area (TPSA) is 106 Å². The van der Waals surface area contributed by atoms with Crippen molar-refractivity contribution in [3.63, 3.8) is 0 Å². The molecule has 0 aliphatic heterocycles. The summed E-state index contributed by atoms with van der Waals surface area (Å²) < 4.78 is 0.778. The van der Waals surface area contributed by atoms with Gasteiger partial charge in [0.2, 0.25) is 11.6 Å². The molecule has 0 saturated carbocycles. The van der Waals surface area contributed by atoms with Gasteiger partial charge in [0.25, 0.3) is 0 Å². The summed E-state index contributed by atoms with van der Waals surface area (Å²) >= 11 is 15.2. The Kier molecular flexibility index (Phi) is 5.50. The highest BCUT2D eigenvalue weighted by molar-refractivity contribution is 9.10. The number of nitrogens with zero attached hydrogens (tertiary/aromatic N) is 4. The summed E-state index contributed by atoms with van der Waals surface area (Å²) in [6.45, 7) is 0. The molecule has 0 saturated heterocycles. The van der Waals surface area contributed by atoms with E-state index in [0.29, 0.717) is 21.6 Å². The predicted molar refractivity (Wildman–Crippen MR) is 104 cm³/mol. The number of nitro groups is 1. The molecule has 26 heavy (non-hydrogen) atoms. The van der Waals surface area contributed by atoms with Crippen molar-refractivity contribution in [3.8, 4) is 0 Å². The molecule has 11 heteroatoms. The lowest BCUT2D eigenvalue weighted by Crippen LogP contribution is -2.06. The molecule has 0 fully saturated rings. The number of pyridine rings is 1. The van der Waals surface area contributed by atoms with Crippen molar-refractivity contribution in [1.82, 2.24) is 15.0 Å². The van der Waals surface area contributed by atoms with Crippen LogP contribution in [0, 0.1) is 10.1 Å². The fourth-order valence-corrected chi connectivity index (χ4v) is 2.71. The number of hydrogen-bond donors (Lipinski definition) is 2. The summed E-state index contributed by atoms with van der Waals surface area (Å²) in [5.74, 6) is 0.367. The molecule has 0 aliphatic rings. The third-order valence-corrected chi connectivity index (χ3v) is 4.18. The van der Waals surface area contributed by atoms with Crippen LogP contribution in [0.15, 0.2) is 47.3 Å². The van der Waals surface area contributed by atoms with E-state index in [0.717, 1.165) is 4.47 Å². The summed E-state index contributed by atoms with van der Waals surface area (Å²) in [4.78, 5) is 23.0. The monoisotopic (exact) mass is 454 g/mol. The van der Waals surface area contributed by atoms with Crippen molar-refractivity contribution in [3.05, 3.63) is 67.5 Å². The number of hydrogen-bond acceptors (Lipinski definition) is 7. The molecule has 1 aromatic carbocycles. The van der Waals surface area contributed by atoms with Crippen LogP contribution in [0.25, 0.3) is 0 Å². The number of benzene rings is 1. The Bertz CT molecular complexity index is 971. The van der Waals surface area contributed by atoms with Crippen molar-refractivity contribution in [2.45, 2.75) is 0 Å². The van der Waals surface area contributed by atoms with Gasteiger partial charge < -0.3 is 10.6 Å². The normalized spacial score (nSPS) is 10.4. The Morgan fingerprint density at radius 1 is 1.04 bits per heavy atom. The average Bonchev–Trinajstić information content (AvgIpc) is 2.59. The van der Waals surface area contributed by atoms with Gasteiger partial charge in [0, 0.05) is 15.7 Å². The van der Waals surface area contributed by atoms with Crippen LogP contribution < -0.4 is 10.6 Å². The van der Waals surface area contributed by atoms with Gasteiger partial charge in [0.15, 0.2) is 0 Å². The summed E-state index contributed by atoms with van der Waals surface area (Å²) in [5, 5.41) is 18.0. The lowest BCUT2D eigenvalue weighted by Gasteiger charge is -2.11. The molecule has 3 aromatic rings. The van der Waals surface area contributed by atoms with E-state index in [1.165, 1.54) is 12.4 Å². The van der Waals surface area contributed by atoms with Gasteiger partial charge in [-0.15, -0.1) is 0 Å². The number of aromatic nitrogens is 3. The van der Waals surface area contributed by atoms with Crippen molar-refractivity contribution < 1.29 is 4.92 Å². The fourth-order valence-electron chi connectivity index (χ4n) is 2.02. The van der Waals surface area contributed by atoms with Gasteiger partial charge in [-0.3, -0.25) is 10.1 Å². The first kappa shape index (κ1) is 18.3. The zero-order valence-corrected chi connectivity index (χ0v) is 15.9. The molecule has 0 bridgehead atoms. The Morgan fingerprint density at radius 2 is 1.77 bits per heavy atom. The van der Waals surface area contributed by atoms with Crippen LogP contribution in [0.3, 0.4) is 0 Å². The van der Waals surface area contributed by atoms with Crippen molar-refractivity contribution in [1.29, 1.82) is 0 Å². The Morgan fingerprint density at radius 3 is 2.38 bits per heavy atom. The van der Waals surface area contributed by atoms with Crippen LogP contribution in [-0.4, -0.2) is 19.9 Å². The van der Waals surface area contributed by atoms with Gasteiger partial charge in [-0.2, -0.15) is 0 Å². The standard InChI is InChI=1S/C15H9BrCl2N6O2/c16-8-1-4-12(19-6-8)23-15-13(24(25)26)14(20-7-21-15)22-11-3-2-9(17)5-10(11)18/h1-7H,(H2,19,20,21,22,23). The van der Waals surface area contributed by atoms with Crippen LogP contribution >= 0.6 is 39.1 Å². The Balaban J connectivity index is 1.98. The molecule has 2 aromatic heterocycles.